The van der Waals surface area contributed by atoms with E-state index in [9.17, 15) is 4.79 Å². The van der Waals surface area contributed by atoms with E-state index in [1.807, 2.05) is 19.2 Å². The molecule has 1 aromatic heterocycles. The Kier molecular flexibility index (Phi) is 6.90. The Morgan fingerprint density at radius 1 is 1.44 bits per heavy atom. The van der Waals surface area contributed by atoms with Gasteiger partial charge >= 0.3 is 0 Å². The first kappa shape index (κ1) is 15.1. The van der Waals surface area contributed by atoms with E-state index in [0.29, 0.717) is 6.42 Å². The van der Waals surface area contributed by atoms with Crippen LogP contribution in [0.5, 0.6) is 0 Å². The fourth-order valence-electron chi connectivity index (χ4n) is 1.68. The molecule has 0 atom stereocenters. The lowest BCUT2D eigenvalue weighted by Crippen LogP contribution is -2.31. The molecule has 5 heteroatoms. The van der Waals surface area contributed by atoms with Gasteiger partial charge in [0.15, 0.2) is 0 Å². The van der Waals surface area contributed by atoms with E-state index in [2.05, 4.69) is 10.3 Å². The molecule has 0 saturated carbocycles. The fourth-order valence-corrected chi connectivity index (χ4v) is 2.52. The molecule has 1 amide bonds. The van der Waals surface area contributed by atoms with Crippen LogP contribution in [-0.2, 0) is 17.6 Å². The number of nitrogens with one attached hydrogen (secondary N) is 1. The summed E-state index contributed by atoms with van der Waals surface area (Å²) in [7, 11) is 0. The third-order valence-electron chi connectivity index (χ3n) is 2.49. The summed E-state index contributed by atoms with van der Waals surface area (Å²) in [5.41, 5.74) is 6.33. The number of carbonyl (C=O) groups excluding carboxylic acids is 1. The minimum atomic E-state index is 0.0463. The molecule has 0 spiro atoms. The predicted octanol–water partition coefficient (Wildman–Crippen LogP) is 1.88. The van der Waals surface area contributed by atoms with Crippen molar-refractivity contribution in [1.29, 1.82) is 0 Å². The highest BCUT2D eigenvalue weighted by molar-refractivity contribution is 7.09. The van der Waals surface area contributed by atoms with Gasteiger partial charge in [-0.3, -0.25) is 4.79 Å². The van der Waals surface area contributed by atoms with Gasteiger partial charge in [-0.05, 0) is 39.7 Å². The Labute approximate surface area is 113 Å². The number of nitrogens with zero attached hydrogens (tertiary/aromatic N) is 1. The first-order valence-corrected chi connectivity index (χ1v) is 7.42. The molecule has 3 N–H and O–H groups in total. The van der Waals surface area contributed by atoms with Gasteiger partial charge in [0.2, 0.25) is 5.91 Å². The lowest BCUT2D eigenvalue weighted by molar-refractivity contribution is -0.120. The van der Waals surface area contributed by atoms with E-state index in [4.69, 9.17) is 5.73 Å². The Hall–Kier alpha value is -0.940. The Morgan fingerprint density at radius 2 is 2.22 bits per heavy atom. The summed E-state index contributed by atoms with van der Waals surface area (Å²) in [6, 6.07) is 0.187. The Bertz CT molecular complexity index is 363. The highest BCUT2D eigenvalue weighted by atomic mass is 32.1. The molecule has 1 aromatic rings. The van der Waals surface area contributed by atoms with E-state index in [1.54, 1.807) is 11.3 Å². The van der Waals surface area contributed by atoms with Gasteiger partial charge in [0, 0.05) is 11.4 Å². The molecule has 0 bridgehead atoms. The second kappa shape index (κ2) is 8.21. The van der Waals surface area contributed by atoms with Gasteiger partial charge < -0.3 is 11.1 Å². The molecule has 102 valence electrons. The summed E-state index contributed by atoms with van der Waals surface area (Å²) in [6.07, 6.45) is 4.74. The molecule has 1 rings (SSSR count). The molecule has 1 heterocycles. The zero-order chi connectivity index (χ0) is 13.4. The monoisotopic (exact) mass is 269 g/mol. The molecule has 0 aromatic carbocycles. The van der Waals surface area contributed by atoms with Crippen molar-refractivity contribution in [3.8, 4) is 0 Å². The van der Waals surface area contributed by atoms with Crippen LogP contribution in [-0.4, -0.2) is 23.5 Å². The van der Waals surface area contributed by atoms with Crippen molar-refractivity contribution >= 4 is 17.2 Å². The molecule has 0 unspecified atom stereocenters. The largest absolute Gasteiger partial charge is 0.354 e. The summed E-state index contributed by atoms with van der Waals surface area (Å²) < 4.78 is 0. The normalized spacial score (nSPS) is 10.9. The predicted molar refractivity (Wildman–Crippen MR) is 75.7 cm³/mol. The summed E-state index contributed by atoms with van der Waals surface area (Å²) in [5.74, 6) is 0.0463. The van der Waals surface area contributed by atoms with Crippen LogP contribution in [0.15, 0.2) is 5.38 Å². The topological polar surface area (TPSA) is 68.0 Å². The zero-order valence-electron chi connectivity index (χ0n) is 11.2. The number of aryl methyl sites for hydroxylation is 1. The summed E-state index contributed by atoms with van der Waals surface area (Å²) in [5, 5.41) is 5.98. The minimum absolute atomic E-state index is 0.0463. The highest BCUT2D eigenvalue weighted by Crippen LogP contribution is 2.13. The average Bonchev–Trinajstić information content (AvgIpc) is 2.71. The van der Waals surface area contributed by atoms with Crippen LogP contribution in [0.25, 0.3) is 0 Å². The van der Waals surface area contributed by atoms with E-state index in [-0.39, 0.29) is 11.9 Å². The quantitative estimate of drug-likeness (QED) is 0.708. The van der Waals surface area contributed by atoms with Crippen LogP contribution in [0, 0.1) is 0 Å². The molecule has 0 aliphatic carbocycles. The van der Waals surface area contributed by atoms with Crippen LogP contribution in [0.1, 0.15) is 43.8 Å². The van der Waals surface area contributed by atoms with E-state index in [0.717, 1.165) is 42.9 Å². The second-order valence-electron chi connectivity index (χ2n) is 4.73. The molecule has 0 fully saturated rings. The molecule has 0 aliphatic heterocycles. The van der Waals surface area contributed by atoms with Crippen molar-refractivity contribution in [3.05, 3.63) is 16.1 Å². The smallest absolute Gasteiger partial charge is 0.226 e. The summed E-state index contributed by atoms with van der Waals surface area (Å²) in [6.45, 7) is 4.68. The van der Waals surface area contributed by atoms with Crippen LogP contribution >= 0.6 is 11.3 Å². The average molecular weight is 269 g/mol. The van der Waals surface area contributed by atoms with Crippen molar-refractivity contribution in [2.24, 2.45) is 5.73 Å². The lowest BCUT2D eigenvalue weighted by Gasteiger charge is -2.06. The van der Waals surface area contributed by atoms with Crippen LogP contribution in [0.2, 0.25) is 0 Å². The van der Waals surface area contributed by atoms with Crippen molar-refractivity contribution in [2.75, 3.05) is 6.54 Å². The molecular formula is C13H23N3OS. The number of rotatable bonds is 8. The van der Waals surface area contributed by atoms with Gasteiger partial charge in [-0.2, -0.15) is 0 Å². The highest BCUT2D eigenvalue weighted by Gasteiger charge is 2.08. The lowest BCUT2D eigenvalue weighted by atomic mass is 10.2. The van der Waals surface area contributed by atoms with Crippen molar-refractivity contribution in [2.45, 2.75) is 52.0 Å². The summed E-state index contributed by atoms with van der Waals surface area (Å²) >= 11 is 1.65. The van der Waals surface area contributed by atoms with Crippen LogP contribution in [0.3, 0.4) is 0 Å². The second-order valence-corrected chi connectivity index (χ2v) is 5.67. The number of hydrogen-bond acceptors (Lipinski definition) is 4. The maximum atomic E-state index is 11.6. The van der Waals surface area contributed by atoms with E-state index in [1.165, 1.54) is 0 Å². The van der Waals surface area contributed by atoms with Gasteiger partial charge in [0.1, 0.15) is 0 Å². The van der Waals surface area contributed by atoms with Gasteiger partial charge in [0.25, 0.3) is 0 Å². The van der Waals surface area contributed by atoms with Crippen molar-refractivity contribution < 1.29 is 4.79 Å². The van der Waals surface area contributed by atoms with Gasteiger partial charge in [-0.25, -0.2) is 4.98 Å². The van der Waals surface area contributed by atoms with Gasteiger partial charge in [-0.15, -0.1) is 11.3 Å². The maximum Gasteiger partial charge on any atom is 0.226 e. The number of amides is 1. The van der Waals surface area contributed by atoms with Crippen LogP contribution in [0.4, 0.5) is 0 Å². The van der Waals surface area contributed by atoms with Gasteiger partial charge in [-0.1, -0.05) is 6.42 Å². The number of thiazole rings is 1. The number of nitrogens with two attached hydrogens (primary N) is 1. The molecular weight excluding hydrogens is 246 g/mol. The number of aromatic nitrogens is 1. The zero-order valence-corrected chi connectivity index (χ0v) is 12.1. The molecule has 0 radical (unpaired) electrons. The fraction of sp³-hybridized carbons (Fsp3) is 0.692. The van der Waals surface area contributed by atoms with Crippen molar-refractivity contribution in [1.82, 2.24) is 10.3 Å². The number of carbonyl (C=O) groups is 1. The van der Waals surface area contributed by atoms with Gasteiger partial charge in [0.05, 0.1) is 17.1 Å². The van der Waals surface area contributed by atoms with Crippen LogP contribution < -0.4 is 11.1 Å². The maximum absolute atomic E-state index is 11.6. The standard InChI is InChI=1S/C13H23N3OS/c1-10(2)15-12(17)8-11-9-18-13(16-11)6-4-3-5-7-14/h9-10H,3-8,14H2,1-2H3,(H,15,17). The Balaban J connectivity index is 2.31. The minimum Gasteiger partial charge on any atom is -0.354 e. The third-order valence-corrected chi connectivity index (χ3v) is 3.44. The summed E-state index contributed by atoms with van der Waals surface area (Å²) in [4.78, 5) is 16.1. The first-order valence-electron chi connectivity index (χ1n) is 6.54. The molecule has 18 heavy (non-hydrogen) atoms. The van der Waals surface area contributed by atoms with E-state index < -0.39 is 0 Å². The number of unbranched alkanes of at least 4 members (excludes halogenated alkanes) is 2. The number of hydrogen-bond donors (Lipinski definition) is 2. The molecule has 4 nitrogen and oxygen atoms in total. The van der Waals surface area contributed by atoms with E-state index >= 15 is 0 Å². The van der Waals surface area contributed by atoms with Crippen molar-refractivity contribution in [3.63, 3.8) is 0 Å². The SMILES string of the molecule is CC(C)NC(=O)Cc1csc(CCCCCN)n1. The first-order chi connectivity index (χ1) is 8.61. The molecule has 0 saturated heterocycles. The molecule has 0 aliphatic rings. The Morgan fingerprint density at radius 3 is 2.89 bits per heavy atom. The third kappa shape index (κ3) is 6.12.